The molecule has 1 heterocycles. The van der Waals surface area contributed by atoms with Crippen molar-refractivity contribution in [1.29, 1.82) is 0 Å². The van der Waals surface area contributed by atoms with Crippen LogP contribution in [0.25, 0.3) is 34.0 Å². The van der Waals surface area contributed by atoms with Gasteiger partial charge in [0.15, 0.2) is 0 Å². The topological polar surface area (TPSA) is 133 Å². The van der Waals surface area contributed by atoms with E-state index in [0.717, 1.165) is 22.3 Å². The van der Waals surface area contributed by atoms with E-state index in [4.69, 9.17) is 18.7 Å². The Kier molecular flexibility index (Phi) is 11.9. The van der Waals surface area contributed by atoms with E-state index in [0.29, 0.717) is 45.6 Å². The molecule has 0 spiro atoms. The summed E-state index contributed by atoms with van der Waals surface area (Å²) in [5.74, 6) is 0.817. The molecule has 0 saturated carbocycles. The SMILES string of the molecule is COc1ccc(OC)c(CC(=O)Nc2ccc(C(=O)N(CC(=O)OC(C)(C)C)Cc3ccc(-c4nc(-c5ccc(-c6ccc(C)cc6)cc5)no4)cc3)cc2)c1. The number of nitrogens with zero attached hydrogens (tertiary/aromatic N) is 3. The predicted octanol–water partition coefficient (Wildman–Crippen LogP) is 8.56. The van der Waals surface area contributed by atoms with E-state index in [9.17, 15) is 14.4 Å². The van der Waals surface area contributed by atoms with Crippen LogP contribution in [0, 0.1) is 6.92 Å². The van der Waals surface area contributed by atoms with Gasteiger partial charge in [0, 0.05) is 34.5 Å². The Bertz CT molecular complexity index is 2290. The minimum Gasteiger partial charge on any atom is -0.497 e. The van der Waals surface area contributed by atoms with Gasteiger partial charge in [0.25, 0.3) is 11.8 Å². The molecule has 0 atom stereocenters. The number of amides is 2. The first-order valence-corrected chi connectivity index (χ1v) is 18.1. The molecule has 0 radical (unpaired) electrons. The zero-order valence-electron chi connectivity index (χ0n) is 32.3. The summed E-state index contributed by atoms with van der Waals surface area (Å²) in [6, 6.07) is 35.5. The van der Waals surface area contributed by atoms with Crippen LogP contribution in [0.5, 0.6) is 11.5 Å². The summed E-state index contributed by atoms with van der Waals surface area (Å²) in [6.45, 7) is 7.24. The highest BCUT2D eigenvalue weighted by atomic mass is 16.6. The molecule has 6 rings (SSSR count). The van der Waals surface area contributed by atoms with Gasteiger partial charge in [0.05, 0.1) is 20.6 Å². The van der Waals surface area contributed by atoms with E-state index in [1.165, 1.54) is 10.5 Å². The number of rotatable bonds is 13. The van der Waals surface area contributed by atoms with E-state index < -0.39 is 11.6 Å². The monoisotopic (exact) mass is 752 g/mol. The van der Waals surface area contributed by atoms with Crippen molar-refractivity contribution in [2.24, 2.45) is 0 Å². The van der Waals surface area contributed by atoms with Crippen LogP contribution < -0.4 is 14.8 Å². The summed E-state index contributed by atoms with van der Waals surface area (Å²) in [5, 5.41) is 7.06. The number of benzene rings is 5. The molecule has 5 aromatic carbocycles. The molecule has 0 unspecified atom stereocenters. The van der Waals surface area contributed by atoms with Gasteiger partial charge in [-0.3, -0.25) is 14.4 Å². The smallest absolute Gasteiger partial charge is 0.326 e. The van der Waals surface area contributed by atoms with Crippen LogP contribution in [-0.2, 0) is 27.3 Å². The minimum absolute atomic E-state index is 0.0555. The highest BCUT2D eigenvalue weighted by Gasteiger charge is 2.24. The van der Waals surface area contributed by atoms with Crippen LogP contribution >= 0.6 is 0 Å². The van der Waals surface area contributed by atoms with E-state index in [1.807, 2.05) is 48.5 Å². The number of aryl methyl sites for hydroxylation is 1. The summed E-state index contributed by atoms with van der Waals surface area (Å²) in [6.07, 6.45) is 0.0555. The van der Waals surface area contributed by atoms with Crippen LogP contribution in [0.2, 0.25) is 0 Å². The summed E-state index contributed by atoms with van der Waals surface area (Å²) >= 11 is 0. The number of nitrogens with one attached hydrogen (secondary N) is 1. The summed E-state index contributed by atoms with van der Waals surface area (Å²) < 4.78 is 21.8. The fraction of sp³-hybridized carbons (Fsp3) is 0.222. The van der Waals surface area contributed by atoms with Crippen molar-refractivity contribution < 1.29 is 33.1 Å². The van der Waals surface area contributed by atoms with Gasteiger partial charge in [0.1, 0.15) is 23.6 Å². The molecule has 0 saturated heterocycles. The van der Waals surface area contributed by atoms with E-state index >= 15 is 0 Å². The van der Waals surface area contributed by atoms with E-state index in [-0.39, 0.29) is 31.3 Å². The zero-order valence-corrected chi connectivity index (χ0v) is 32.3. The van der Waals surface area contributed by atoms with Crippen molar-refractivity contribution >= 4 is 23.5 Å². The van der Waals surface area contributed by atoms with Crippen LogP contribution in [0.1, 0.15) is 47.8 Å². The first kappa shape index (κ1) is 39.0. The van der Waals surface area contributed by atoms with Crippen molar-refractivity contribution in [2.45, 2.75) is 46.3 Å². The van der Waals surface area contributed by atoms with Crippen molar-refractivity contribution in [3.8, 4) is 45.5 Å². The van der Waals surface area contributed by atoms with Gasteiger partial charge in [-0.1, -0.05) is 71.4 Å². The van der Waals surface area contributed by atoms with E-state index in [2.05, 4.69) is 46.6 Å². The Morgan fingerprint density at radius 2 is 1.38 bits per heavy atom. The average Bonchev–Trinajstić information content (AvgIpc) is 3.68. The lowest BCUT2D eigenvalue weighted by atomic mass is 10.0. The number of anilines is 1. The highest BCUT2D eigenvalue weighted by Crippen LogP contribution is 2.28. The second-order valence-corrected chi connectivity index (χ2v) is 14.3. The van der Waals surface area contributed by atoms with Gasteiger partial charge < -0.3 is 29.0 Å². The predicted molar refractivity (Wildman–Crippen MR) is 214 cm³/mol. The second kappa shape index (κ2) is 17.2. The average molecular weight is 753 g/mol. The van der Waals surface area contributed by atoms with Crippen molar-refractivity contribution in [3.05, 3.63) is 138 Å². The van der Waals surface area contributed by atoms with Gasteiger partial charge in [-0.25, -0.2) is 0 Å². The van der Waals surface area contributed by atoms with Crippen LogP contribution in [-0.4, -0.2) is 59.2 Å². The third-order valence-electron chi connectivity index (χ3n) is 8.81. The number of carbonyl (C=O) groups is 3. The molecular weight excluding hydrogens is 709 g/mol. The molecule has 0 aliphatic heterocycles. The molecule has 1 N–H and O–H groups in total. The summed E-state index contributed by atoms with van der Waals surface area (Å²) in [4.78, 5) is 45.8. The lowest BCUT2D eigenvalue weighted by Gasteiger charge is -2.25. The fourth-order valence-corrected chi connectivity index (χ4v) is 5.99. The maximum absolute atomic E-state index is 13.9. The molecule has 0 fully saturated rings. The van der Waals surface area contributed by atoms with Crippen LogP contribution in [0.4, 0.5) is 5.69 Å². The van der Waals surface area contributed by atoms with Crippen LogP contribution in [0.15, 0.2) is 120 Å². The number of carbonyl (C=O) groups excluding carboxylic acids is 3. The molecule has 11 heteroatoms. The number of ether oxygens (including phenoxy) is 3. The molecule has 2 amide bonds. The minimum atomic E-state index is -0.728. The standard InChI is InChI=1S/C45H44N4O7/c1-29-7-11-31(12-8-29)32-15-17-33(18-16-32)42-47-43(56-48-42)34-13-9-30(10-14-34)27-49(28-41(51)55-45(2,3)4)44(52)35-19-21-37(22-20-35)46-40(50)26-36-25-38(53-5)23-24-39(36)54-6/h7-25H,26-28H2,1-6H3,(H,46,50). The quantitative estimate of drug-likeness (QED) is 0.115. The molecule has 0 aliphatic rings. The fourth-order valence-electron chi connectivity index (χ4n) is 5.99. The number of esters is 1. The molecule has 0 bridgehead atoms. The first-order valence-electron chi connectivity index (χ1n) is 18.1. The lowest BCUT2D eigenvalue weighted by Crippen LogP contribution is -2.38. The Morgan fingerprint density at radius 1 is 0.750 bits per heavy atom. The van der Waals surface area contributed by atoms with Gasteiger partial charge in [-0.2, -0.15) is 4.98 Å². The van der Waals surface area contributed by atoms with Gasteiger partial charge in [0.2, 0.25) is 11.7 Å². The van der Waals surface area contributed by atoms with E-state index in [1.54, 1.807) is 77.5 Å². The summed E-state index contributed by atoms with van der Waals surface area (Å²) in [7, 11) is 3.10. The van der Waals surface area contributed by atoms with Crippen molar-refractivity contribution in [1.82, 2.24) is 15.0 Å². The number of hydrogen-bond donors (Lipinski definition) is 1. The molecule has 0 aliphatic carbocycles. The normalized spacial score (nSPS) is 11.1. The second-order valence-electron chi connectivity index (χ2n) is 14.3. The molecule has 6 aromatic rings. The number of aromatic nitrogens is 2. The lowest BCUT2D eigenvalue weighted by molar-refractivity contribution is -0.155. The largest absolute Gasteiger partial charge is 0.497 e. The Hall–Kier alpha value is -6.75. The maximum Gasteiger partial charge on any atom is 0.326 e. The van der Waals surface area contributed by atoms with Gasteiger partial charge in [-0.05, 0) is 99.0 Å². The van der Waals surface area contributed by atoms with Crippen molar-refractivity contribution in [2.75, 3.05) is 26.1 Å². The molecule has 56 heavy (non-hydrogen) atoms. The van der Waals surface area contributed by atoms with Crippen LogP contribution in [0.3, 0.4) is 0 Å². The molecule has 286 valence electrons. The third-order valence-corrected chi connectivity index (χ3v) is 8.81. The third kappa shape index (κ3) is 10.1. The highest BCUT2D eigenvalue weighted by molar-refractivity contribution is 5.97. The Morgan fingerprint density at radius 3 is 2.00 bits per heavy atom. The summed E-state index contributed by atoms with van der Waals surface area (Å²) in [5.41, 5.74) is 6.52. The van der Waals surface area contributed by atoms with Crippen molar-refractivity contribution in [3.63, 3.8) is 0 Å². The molecular formula is C45H44N4O7. The molecule has 11 nitrogen and oxygen atoms in total. The number of hydrogen-bond acceptors (Lipinski definition) is 9. The van der Waals surface area contributed by atoms with Gasteiger partial charge >= 0.3 is 5.97 Å². The Labute approximate surface area is 326 Å². The maximum atomic E-state index is 13.9. The zero-order chi connectivity index (χ0) is 39.8. The number of methoxy groups -OCH3 is 2. The van der Waals surface area contributed by atoms with Gasteiger partial charge in [-0.15, -0.1) is 0 Å². The Balaban J connectivity index is 1.13. The first-order chi connectivity index (χ1) is 26.9. The molecule has 1 aromatic heterocycles.